The maximum atomic E-state index is 13.8. The summed E-state index contributed by atoms with van der Waals surface area (Å²) < 4.78 is 21.1. The molecule has 0 aliphatic heterocycles. The quantitative estimate of drug-likeness (QED) is 0.867. The Bertz CT molecular complexity index is 511. The van der Waals surface area contributed by atoms with Gasteiger partial charge in [-0.05, 0) is 31.0 Å². The van der Waals surface area contributed by atoms with Gasteiger partial charge in [-0.15, -0.1) is 0 Å². The molecule has 0 saturated heterocycles. The van der Waals surface area contributed by atoms with Crippen LogP contribution in [0.2, 0.25) is 0 Å². The van der Waals surface area contributed by atoms with Crippen molar-refractivity contribution in [2.24, 2.45) is 5.73 Å². The van der Waals surface area contributed by atoms with E-state index in [-0.39, 0.29) is 17.6 Å². The predicted molar refractivity (Wildman–Crippen MR) is 71.5 cm³/mol. The molecule has 0 aliphatic rings. The van der Waals surface area contributed by atoms with Gasteiger partial charge in [0.2, 0.25) is 0 Å². The lowest BCUT2D eigenvalue weighted by Gasteiger charge is -2.10. The Morgan fingerprint density at radius 1 is 1.47 bits per heavy atom. The van der Waals surface area contributed by atoms with E-state index in [1.165, 1.54) is 6.07 Å². The molecule has 102 valence electrons. The second-order valence-electron chi connectivity index (χ2n) is 4.60. The number of nitrogens with two attached hydrogens (primary N) is 1. The number of hydrogen-bond acceptors (Lipinski definition) is 3. The van der Waals surface area contributed by atoms with E-state index in [9.17, 15) is 4.39 Å². The van der Waals surface area contributed by atoms with Crippen LogP contribution in [-0.2, 0) is 13.0 Å². The number of hydrogen-bond donors (Lipinski definition) is 1. The van der Waals surface area contributed by atoms with Gasteiger partial charge in [0.15, 0.2) is 11.6 Å². The first kappa shape index (κ1) is 13.5. The maximum absolute atomic E-state index is 13.8. The third kappa shape index (κ3) is 4.06. The molecule has 2 aromatic rings. The van der Waals surface area contributed by atoms with Crippen molar-refractivity contribution in [3.63, 3.8) is 0 Å². The molecular weight excluding hydrogens is 245 g/mol. The SMILES string of the molecule is CC(N)Cc1ccc(OCCn2ccnc2)c(F)c1. The first-order valence-electron chi connectivity index (χ1n) is 6.27. The Morgan fingerprint density at radius 2 is 2.32 bits per heavy atom. The van der Waals surface area contributed by atoms with Crippen LogP contribution < -0.4 is 10.5 Å². The van der Waals surface area contributed by atoms with Crippen molar-refractivity contribution in [2.75, 3.05) is 6.61 Å². The van der Waals surface area contributed by atoms with Gasteiger partial charge in [-0.25, -0.2) is 9.37 Å². The molecule has 0 bridgehead atoms. The van der Waals surface area contributed by atoms with Crippen LogP contribution in [-0.4, -0.2) is 22.2 Å². The van der Waals surface area contributed by atoms with Gasteiger partial charge in [-0.1, -0.05) is 6.07 Å². The minimum Gasteiger partial charge on any atom is -0.489 e. The number of nitrogens with zero attached hydrogens (tertiary/aromatic N) is 2. The van der Waals surface area contributed by atoms with Crippen molar-refractivity contribution in [3.8, 4) is 5.75 Å². The third-order valence-corrected chi connectivity index (χ3v) is 2.72. The Morgan fingerprint density at radius 3 is 2.95 bits per heavy atom. The fourth-order valence-electron chi connectivity index (χ4n) is 1.84. The van der Waals surface area contributed by atoms with Gasteiger partial charge in [-0.2, -0.15) is 0 Å². The molecule has 5 heteroatoms. The van der Waals surface area contributed by atoms with Crippen molar-refractivity contribution in [3.05, 3.63) is 48.3 Å². The molecule has 4 nitrogen and oxygen atoms in total. The topological polar surface area (TPSA) is 53.1 Å². The molecule has 0 saturated carbocycles. The van der Waals surface area contributed by atoms with E-state index in [0.29, 0.717) is 19.6 Å². The van der Waals surface area contributed by atoms with Crippen LogP contribution in [0.25, 0.3) is 0 Å². The maximum Gasteiger partial charge on any atom is 0.165 e. The summed E-state index contributed by atoms with van der Waals surface area (Å²) in [7, 11) is 0. The average molecular weight is 263 g/mol. The molecule has 0 aliphatic carbocycles. The van der Waals surface area contributed by atoms with Gasteiger partial charge in [0.25, 0.3) is 0 Å². The van der Waals surface area contributed by atoms with Crippen LogP contribution in [0.1, 0.15) is 12.5 Å². The minimum absolute atomic E-state index is 0.0207. The summed E-state index contributed by atoms with van der Waals surface area (Å²) in [6.45, 7) is 2.94. The van der Waals surface area contributed by atoms with E-state index in [4.69, 9.17) is 10.5 Å². The highest BCUT2D eigenvalue weighted by Gasteiger charge is 2.06. The van der Waals surface area contributed by atoms with Gasteiger partial charge in [0.1, 0.15) is 6.61 Å². The van der Waals surface area contributed by atoms with E-state index < -0.39 is 0 Å². The molecular formula is C14H18FN3O. The fraction of sp³-hybridized carbons (Fsp3) is 0.357. The van der Waals surface area contributed by atoms with Crippen LogP contribution >= 0.6 is 0 Å². The van der Waals surface area contributed by atoms with E-state index in [2.05, 4.69) is 4.98 Å². The molecule has 0 spiro atoms. The predicted octanol–water partition coefficient (Wildman–Crippen LogP) is 1.99. The number of benzene rings is 1. The highest BCUT2D eigenvalue weighted by Crippen LogP contribution is 2.19. The standard InChI is InChI=1S/C14H18FN3O/c1-11(16)8-12-2-3-14(13(15)9-12)19-7-6-18-5-4-17-10-18/h2-5,9-11H,6-8,16H2,1H3. The summed E-state index contributed by atoms with van der Waals surface area (Å²) in [4.78, 5) is 3.93. The van der Waals surface area contributed by atoms with Crippen LogP contribution in [0.5, 0.6) is 5.75 Å². The average Bonchev–Trinajstić information content (AvgIpc) is 2.84. The molecule has 2 N–H and O–H groups in total. The van der Waals surface area contributed by atoms with Gasteiger partial charge in [0, 0.05) is 18.4 Å². The lowest BCUT2D eigenvalue weighted by atomic mass is 10.1. The summed E-state index contributed by atoms with van der Waals surface area (Å²) in [6, 6.07) is 5.00. The first-order chi connectivity index (χ1) is 9.15. The van der Waals surface area contributed by atoms with Crippen molar-refractivity contribution in [1.82, 2.24) is 9.55 Å². The number of halogens is 1. The largest absolute Gasteiger partial charge is 0.489 e. The second kappa shape index (κ2) is 6.33. The molecule has 1 aromatic carbocycles. The fourth-order valence-corrected chi connectivity index (χ4v) is 1.84. The number of aromatic nitrogens is 2. The second-order valence-corrected chi connectivity index (χ2v) is 4.60. The number of ether oxygens (including phenoxy) is 1. The zero-order valence-electron chi connectivity index (χ0n) is 10.9. The molecule has 19 heavy (non-hydrogen) atoms. The van der Waals surface area contributed by atoms with Gasteiger partial charge < -0.3 is 15.0 Å². The van der Waals surface area contributed by atoms with Crippen molar-refractivity contribution < 1.29 is 9.13 Å². The summed E-state index contributed by atoms with van der Waals surface area (Å²) >= 11 is 0. The van der Waals surface area contributed by atoms with Crippen molar-refractivity contribution >= 4 is 0 Å². The van der Waals surface area contributed by atoms with Gasteiger partial charge >= 0.3 is 0 Å². The summed E-state index contributed by atoms with van der Waals surface area (Å²) in [5.41, 5.74) is 6.57. The Balaban J connectivity index is 1.90. The first-order valence-corrected chi connectivity index (χ1v) is 6.27. The van der Waals surface area contributed by atoms with E-state index in [0.717, 1.165) is 5.56 Å². The highest BCUT2D eigenvalue weighted by molar-refractivity contribution is 5.29. The lowest BCUT2D eigenvalue weighted by Crippen LogP contribution is -2.17. The highest BCUT2D eigenvalue weighted by atomic mass is 19.1. The zero-order valence-corrected chi connectivity index (χ0v) is 10.9. The third-order valence-electron chi connectivity index (χ3n) is 2.72. The number of rotatable bonds is 6. The molecule has 1 heterocycles. The molecule has 1 unspecified atom stereocenters. The lowest BCUT2D eigenvalue weighted by molar-refractivity contribution is 0.284. The Hall–Kier alpha value is -1.88. The van der Waals surface area contributed by atoms with Crippen LogP contribution in [0.15, 0.2) is 36.9 Å². The molecule has 0 fully saturated rings. The minimum atomic E-state index is -0.344. The normalized spacial score (nSPS) is 12.4. The number of imidazole rings is 1. The molecule has 0 radical (unpaired) electrons. The van der Waals surface area contributed by atoms with Crippen molar-refractivity contribution in [2.45, 2.75) is 25.9 Å². The van der Waals surface area contributed by atoms with Crippen LogP contribution in [0, 0.1) is 5.82 Å². The van der Waals surface area contributed by atoms with Crippen LogP contribution in [0.3, 0.4) is 0 Å². The Labute approximate surface area is 112 Å². The monoisotopic (exact) mass is 263 g/mol. The molecule has 0 amide bonds. The van der Waals surface area contributed by atoms with Gasteiger partial charge in [-0.3, -0.25) is 0 Å². The summed E-state index contributed by atoms with van der Waals surface area (Å²) in [5.74, 6) is -0.0719. The molecule has 1 aromatic heterocycles. The Kier molecular flexibility index (Phi) is 4.52. The summed E-state index contributed by atoms with van der Waals surface area (Å²) in [6.07, 6.45) is 5.90. The summed E-state index contributed by atoms with van der Waals surface area (Å²) in [5, 5.41) is 0. The smallest absolute Gasteiger partial charge is 0.165 e. The van der Waals surface area contributed by atoms with Gasteiger partial charge in [0.05, 0.1) is 12.9 Å². The van der Waals surface area contributed by atoms with Crippen molar-refractivity contribution in [1.29, 1.82) is 0 Å². The molecule has 2 rings (SSSR count). The van der Waals surface area contributed by atoms with E-state index >= 15 is 0 Å². The van der Waals surface area contributed by atoms with E-state index in [1.807, 2.05) is 23.8 Å². The molecule has 1 atom stereocenters. The zero-order chi connectivity index (χ0) is 13.7. The van der Waals surface area contributed by atoms with Crippen LogP contribution in [0.4, 0.5) is 4.39 Å². The van der Waals surface area contributed by atoms with E-state index in [1.54, 1.807) is 18.6 Å².